The fourth-order valence-electron chi connectivity index (χ4n) is 1.97. The van der Waals surface area contributed by atoms with Crippen molar-refractivity contribution < 1.29 is 9.53 Å². The van der Waals surface area contributed by atoms with Gasteiger partial charge in [-0.1, -0.05) is 40.5 Å². The Hall–Kier alpha value is -0.570. The van der Waals surface area contributed by atoms with E-state index in [1.54, 1.807) is 0 Å². The first kappa shape index (κ1) is 16.4. The van der Waals surface area contributed by atoms with Crippen molar-refractivity contribution in [1.29, 1.82) is 0 Å². The van der Waals surface area contributed by atoms with Crippen molar-refractivity contribution in [2.75, 3.05) is 19.7 Å². The van der Waals surface area contributed by atoms with Crippen molar-refractivity contribution in [3.63, 3.8) is 0 Å². The molecule has 2 unspecified atom stereocenters. The van der Waals surface area contributed by atoms with E-state index in [1.807, 2.05) is 6.92 Å². The van der Waals surface area contributed by atoms with Crippen LogP contribution in [0.2, 0.25) is 0 Å². The Bertz CT molecular complexity index is 206. The second-order valence-electron chi connectivity index (χ2n) is 4.66. The molecule has 0 N–H and O–H groups in total. The van der Waals surface area contributed by atoms with Crippen LogP contribution in [-0.4, -0.2) is 36.6 Å². The van der Waals surface area contributed by atoms with Gasteiger partial charge in [-0.15, -0.1) is 0 Å². The maximum atomic E-state index is 11.9. The van der Waals surface area contributed by atoms with Gasteiger partial charge in [0.05, 0.1) is 6.61 Å². The molecule has 102 valence electrons. The third-order valence-corrected chi connectivity index (χ3v) is 3.21. The summed E-state index contributed by atoms with van der Waals surface area (Å²) in [5.74, 6) is 0.572. The molecule has 0 rings (SSSR count). The highest BCUT2D eigenvalue weighted by atomic mass is 16.5. The fourth-order valence-corrected chi connectivity index (χ4v) is 1.97. The molecule has 0 aromatic heterocycles. The highest BCUT2D eigenvalue weighted by Gasteiger charge is 2.25. The van der Waals surface area contributed by atoms with Gasteiger partial charge < -0.3 is 4.74 Å². The molecular formula is C14H29NO2. The summed E-state index contributed by atoms with van der Waals surface area (Å²) in [5, 5.41) is 0. The number of esters is 1. The second-order valence-corrected chi connectivity index (χ2v) is 4.66. The largest absolute Gasteiger partial charge is 0.465 e. The van der Waals surface area contributed by atoms with Crippen LogP contribution in [0.1, 0.15) is 53.9 Å². The average Bonchev–Trinajstić information content (AvgIpc) is 2.33. The third kappa shape index (κ3) is 6.06. The van der Waals surface area contributed by atoms with E-state index >= 15 is 0 Å². The molecule has 0 spiro atoms. The summed E-state index contributed by atoms with van der Waals surface area (Å²) in [5.41, 5.74) is 0. The standard InChI is InChI=1S/C14H29NO2/c1-6-10-13(14(16)17-9-4)15(8-3)11-12(5)7-2/h12-13H,6-11H2,1-5H3. The fraction of sp³-hybridized carbons (Fsp3) is 0.929. The molecule has 0 aromatic rings. The lowest BCUT2D eigenvalue weighted by Crippen LogP contribution is -2.44. The number of hydrogen-bond donors (Lipinski definition) is 0. The van der Waals surface area contributed by atoms with Gasteiger partial charge in [-0.2, -0.15) is 0 Å². The summed E-state index contributed by atoms with van der Waals surface area (Å²) in [4.78, 5) is 14.2. The molecule has 0 heterocycles. The molecule has 0 aliphatic carbocycles. The normalized spacial score (nSPS) is 14.7. The summed E-state index contributed by atoms with van der Waals surface area (Å²) in [7, 11) is 0. The van der Waals surface area contributed by atoms with E-state index in [4.69, 9.17) is 4.74 Å². The molecule has 3 nitrogen and oxygen atoms in total. The molecule has 0 aliphatic rings. The second kappa shape index (κ2) is 9.46. The first-order valence-corrected chi connectivity index (χ1v) is 7.01. The summed E-state index contributed by atoms with van der Waals surface area (Å²) >= 11 is 0. The van der Waals surface area contributed by atoms with Crippen molar-refractivity contribution >= 4 is 5.97 Å². The van der Waals surface area contributed by atoms with Crippen LogP contribution in [0.5, 0.6) is 0 Å². The zero-order valence-corrected chi connectivity index (χ0v) is 12.2. The molecule has 0 saturated carbocycles. The molecule has 0 fully saturated rings. The number of carbonyl (C=O) groups is 1. The molecule has 2 atom stereocenters. The first-order chi connectivity index (χ1) is 8.10. The third-order valence-electron chi connectivity index (χ3n) is 3.21. The minimum absolute atomic E-state index is 0.0560. The predicted octanol–water partition coefficient (Wildman–Crippen LogP) is 3.09. The van der Waals surface area contributed by atoms with Gasteiger partial charge in [0.1, 0.15) is 6.04 Å². The van der Waals surface area contributed by atoms with Crippen molar-refractivity contribution in [3.8, 4) is 0 Å². The summed E-state index contributed by atoms with van der Waals surface area (Å²) in [6.07, 6.45) is 3.06. The summed E-state index contributed by atoms with van der Waals surface area (Å²) < 4.78 is 5.17. The number of carbonyl (C=O) groups excluding carboxylic acids is 1. The van der Waals surface area contributed by atoms with E-state index in [0.717, 1.165) is 32.4 Å². The number of nitrogens with zero attached hydrogens (tertiary/aromatic N) is 1. The van der Waals surface area contributed by atoms with Gasteiger partial charge in [0.2, 0.25) is 0 Å². The van der Waals surface area contributed by atoms with E-state index in [0.29, 0.717) is 12.5 Å². The van der Waals surface area contributed by atoms with E-state index in [1.165, 1.54) is 0 Å². The zero-order valence-electron chi connectivity index (χ0n) is 12.2. The number of rotatable bonds is 9. The van der Waals surface area contributed by atoms with Gasteiger partial charge in [0, 0.05) is 6.54 Å². The van der Waals surface area contributed by atoms with Gasteiger partial charge in [0.15, 0.2) is 0 Å². The molecule has 0 saturated heterocycles. The average molecular weight is 243 g/mol. The van der Waals surface area contributed by atoms with Gasteiger partial charge in [-0.3, -0.25) is 9.69 Å². The minimum Gasteiger partial charge on any atom is -0.465 e. The van der Waals surface area contributed by atoms with Crippen molar-refractivity contribution in [1.82, 2.24) is 4.90 Å². The van der Waals surface area contributed by atoms with Crippen LogP contribution in [0, 0.1) is 5.92 Å². The molecule has 0 aliphatic heterocycles. The number of hydrogen-bond acceptors (Lipinski definition) is 3. The zero-order chi connectivity index (χ0) is 13.3. The molecule has 0 bridgehead atoms. The Kier molecular flexibility index (Phi) is 9.14. The van der Waals surface area contributed by atoms with Gasteiger partial charge in [-0.25, -0.2) is 0 Å². The van der Waals surface area contributed by atoms with E-state index in [9.17, 15) is 4.79 Å². The number of likely N-dealkylation sites (N-methyl/N-ethyl adjacent to an activating group) is 1. The van der Waals surface area contributed by atoms with Crippen LogP contribution in [0.3, 0.4) is 0 Å². The molecule has 0 aromatic carbocycles. The summed E-state index contributed by atoms with van der Waals surface area (Å²) in [6.45, 7) is 12.9. The van der Waals surface area contributed by atoms with Crippen LogP contribution in [-0.2, 0) is 9.53 Å². The van der Waals surface area contributed by atoms with E-state index in [-0.39, 0.29) is 12.0 Å². The Labute approximate surface area is 107 Å². The number of ether oxygens (including phenoxy) is 1. The van der Waals surface area contributed by atoms with Gasteiger partial charge >= 0.3 is 5.97 Å². The lowest BCUT2D eigenvalue weighted by molar-refractivity contribution is -0.150. The Morgan fingerprint density at radius 2 is 1.88 bits per heavy atom. The first-order valence-electron chi connectivity index (χ1n) is 7.01. The van der Waals surface area contributed by atoms with Crippen LogP contribution >= 0.6 is 0 Å². The lowest BCUT2D eigenvalue weighted by Gasteiger charge is -2.30. The molecule has 17 heavy (non-hydrogen) atoms. The molecular weight excluding hydrogens is 214 g/mol. The Morgan fingerprint density at radius 3 is 2.29 bits per heavy atom. The smallest absolute Gasteiger partial charge is 0.323 e. The van der Waals surface area contributed by atoms with Crippen molar-refractivity contribution in [3.05, 3.63) is 0 Å². The quantitative estimate of drug-likeness (QED) is 0.583. The monoisotopic (exact) mass is 243 g/mol. The molecule has 0 radical (unpaired) electrons. The maximum absolute atomic E-state index is 11.9. The van der Waals surface area contributed by atoms with E-state index < -0.39 is 0 Å². The van der Waals surface area contributed by atoms with Gasteiger partial charge in [-0.05, 0) is 25.8 Å². The molecule has 0 amide bonds. The van der Waals surface area contributed by atoms with Crippen LogP contribution < -0.4 is 0 Å². The SMILES string of the molecule is CCCC(C(=O)OCC)N(CC)CC(C)CC. The van der Waals surface area contributed by atoms with Crippen molar-refractivity contribution in [2.24, 2.45) is 5.92 Å². The van der Waals surface area contributed by atoms with Crippen LogP contribution in [0.15, 0.2) is 0 Å². The highest BCUT2D eigenvalue weighted by molar-refractivity contribution is 5.75. The van der Waals surface area contributed by atoms with Crippen LogP contribution in [0.4, 0.5) is 0 Å². The summed E-state index contributed by atoms with van der Waals surface area (Å²) in [6, 6.07) is -0.0565. The lowest BCUT2D eigenvalue weighted by atomic mass is 10.1. The minimum atomic E-state index is -0.0565. The van der Waals surface area contributed by atoms with E-state index in [2.05, 4.69) is 32.6 Å². The van der Waals surface area contributed by atoms with Crippen LogP contribution in [0.25, 0.3) is 0 Å². The van der Waals surface area contributed by atoms with Gasteiger partial charge in [0.25, 0.3) is 0 Å². The topological polar surface area (TPSA) is 29.5 Å². The van der Waals surface area contributed by atoms with Crippen molar-refractivity contribution in [2.45, 2.75) is 59.9 Å². The Morgan fingerprint density at radius 1 is 1.24 bits per heavy atom. The predicted molar refractivity (Wildman–Crippen MR) is 72.0 cm³/mol. The molecule has 3 heteroatoms. The maximum Gasteiger partial charge on any atom is 0.323 e. The highest BCUT2D eigenvalue weighted by Crippen LogP contribution is 2.13. The Balaban J connectivity index is 4.55.